The maximum atomic E-state index is 4.35. The first kappa shape index (κ1) is 25.9. The van der Waals surface area contributed by atoms with Crippen molar-refractivity contribution >= 4 is 32.3 Å². The highest BCUT2D eigenvalue weighted by Gasteiger charge is 2.37. The number of rotatable bonds is 3. The van der Waals surface area contributed by atoms with Gasteiger partial charge in [-0.25, -0.2) is 0 Å². The Kier molecular flexibility index (Phi) is 5.61. The molecule has 8 aromatic rings. The van der Waals surface area contributed by atoms with Crippen LogP contribution in [0.2, 0.25) is 0 Å². The summed E-state index contributed by atoms with van der Waals surface area (Å²) < 4.78 is 0. The molecule has 212 valence electrons. The van der Waals surface area contributed by atoms with Crippen molar-refractivity contribution in [1.82, 2.24) is 4.98 Å². The molecule has 0 bridgehead atoms. The fourth-order valence-electron chi connectivity index (χ4n) is 7.91. The van der Waals surface area contributed by atoms with Crippen molar-refractivity contribution in [3.05, 3.63) is 163 Å². The minimum absolute atomic E-state index is 0.0708. The molecular weight excluding hydrogens is 542 g/mol. The third-order valence-corrected chi connectivity index (χ3v) is 9.97. The van der Waals surface area contributed by atoms with Gasteiger partial charge in [-0.05, 0) is 106 Å². The Bertz CT molecular complexity index is 2440. The summed E-state index contributed by atoms with van der Waals surface area (Å²) in [6, 6.07) is 51.5. The molecule has 0 N–H and O–H groups in total. The van der Waals surface area contributed by atoms with Gasteiger partial charge in [0.25, 0.3) is 0 Å². The Hall–Kier alpha value is -5.53. The minimum atomic E-state index is -0.0708. The Labute approximate surface area is 263 Å². The molecule has 0 atom stereocenters. The summed E-state index contributed by atoms with van der Waals surface area (Å²) in [7, 11) is 0. The Morgan fingerprint density at radius 1 is 0.400 bits per heavy atom. The third kappa shape index (κ3) is 3.77. The second kappa shape index (κ2) is 9.74. The van der Waals surface area contributed by atoms with Gasteiger partial charge in [0, 0.05) is 17.8 Å². The van der Waals surface area contributed by atoms with E-state index in [4.69, 9.17) is 0 Å². The fourth-order valence-corrected chi connectivity index (χ4v) is 7.91. The summed E-state index contributed by atoms with van der Waals surface area (Å²) in [5.41, 5.74) is 12.9. The van der Waals surface area contributed by atoms with Crippen LogP contribution in [0.5, 0.6) is 0 Å². The summed E-state index contributed by atoms with van der Waals surface area (Å²) in [4.78, 5) is 4.35. The predicted molar refractivity (Wildman–Crippen MR) is 191 cm³/mol. The Balaban J connectivity index is 1.46. The van der Waals surface area contributed by atoms with Crippen LogP contribution in [0, 0.1) is 0 Å². The lowest BCUT2D eigenvalue weighted by molar-refractivity contribution is 0.660. The van der Waals surface area contributed by atoms with Crippen molar-refractivity contribution in [3.8, 4) is 44.5 Å². The second-order valence-corrected chi connectivity index (χ2v) is 12.7. The highest BCUT2D eigenvalue weighted by Crippen LogP contribution is 2.54. The van der Waals surface area contributed by atoms with Crippen LogP contribution >= 0.6 is 0 Å². The summed E-state index contributed by atoms with van der Waals surface area (Å²) in [6.45, 7) is 4.73. The number of benzene rings is 7. The van der Waals surface area contributed by atoms with Crippen molar-refractivity contribution < 1.29 is 0 Å². The van der Waals surface area contributed by atoms with Gasteiger partial charge in [-0.15, -0.1) is 0 Å². The number of aromatic nitrogens is 1. The van der Waals surface area contributed by atoms with Crippen LogP contribution in [-0.4, -0.2) is 4.98 Å². The minimum Gasteiger partial charge on any atom is -0.265 e. The van der Waals surface area contributed by atoms with Gasteiger partial charge in [0.1, 0.15) is 0 Å². The Morgan fingerprint density at radius 2 is 1.00 bits per heavy atom. The van der Waals surface area contributed by atoms with Crippen molar-refractivity contribution in [2.45, 2.75) is 19.3 Å². The number of fused-ring (bicyclic) bond motifs is 6. The molecule has 1 aliphatic carbocycles. The molecule has 45 heavy (non-hydrogen) atoms. The van der Waals surface area contributed by atoms with Gasteiger partial charge in [-0.1, -0.05) is 135 Å². The fraction of sp³-hybridized carbons (Fsp3) is 0.0682. The van der Waals surface area contributed by atoms with Gasteiger partial charge in [0.05, 0.1) is 0 Å². The van der Waals surface area contributed by atoms with Crippen LogP contribution in [0.15, 0.2) is 152 Å². The molecule has 1 aliphatic rings. The predicted octanol–water partition coefficient (Wildman–Crippen LogP) is 11.8. The molecule has 0 radical (unpaired) electrons. The van der Waals surface area contributed by atoms with E-state index < -0.39 is 0 Å². The van der Waals surface area contributed by atoms with Gasteiger partial charge < -0.3 is 0 Å². The molecule has 0 spiro atoms. The van der Waals surface area contributed by atoms with Crippen LogP contribution in [0.4, 0.5) is 0 Å². The van der Waals surface area contributed by atoms with E-state index in [2.05, 4.69) is 158 Å². The molecule has 0 unspecified atom stereocenters. The average Bonchev–Trinajstić information content (AvgIpc) is 3.33. The van der Waals surface area contributed by atoms with Crippen molar-refractivity contribution in [2.75, 3.05) is 0 Å². The summed E-state index contributed by atoms with van der Waals surface area (Å²) >= 11 is 0. The quantitative estimate of drug-likeness (QED) is 0.192. The smallest absolute Gasteiger partial charge is 0.0273 e. The monoisotopic (exact) mass is 573 g/mol. The maximum Gasteiger partial charge on any atom is 0.0273 e. The van der Waals surface area contributed by atoms with E-state index in [1.807, 2.05) is 12.4 Å². The molecule has 1 heterocycles. The van der Waals surface area contributed by atoms with Crippen LogP contribution in [0.1, 0.15) is 25.0 Å². The van der Waals surface area contributed by atoms with Crippen LogP contribution in [0.3, 0.4) is 0 Å². The zero-order valence-corrected chi connectivity index (χ0v) is 25.4. The molecule has 1 aromatic heterocycles. The van der Waals surface area contributed by atoms with Crippen molar-refractivity contribution in [3.63, 3.8) is 0 Å². The van der Waals surface area contributed by atoms with E-state index in [1.165, 1.54) is 88.0 Å². The first-order valence-electron chi connectivity index (χ1n) is 15.7. The van der Waals surface area contributed by atoms with Gasteiger partial charge in [0.2, 0.25) is 0 Å². The molecule has 7 aromatic carbocycles. The molecular formula is C44H31N. The Morgan fingerprint density at radius 3 is 1.84 bits per heavy atom. The zero-order chi connectivity index (χ0) is 30.1. The second-order valence-electron chi connectivity index (χ2n) is 12.7. The largest absolute Gasteiger partial charge is 0.265 e. The highest BCUT2D eigenvalue weighted by atomic mass is 14.6. The average molecular weight is 574 g/mol. The number of hydrogen-bond donors (Lipinski definition) is 0. The van der Waals surface area contributed by atoms with Crippen molar-refractivity contribution in [1.29, 1.82) is 0 Å². The molecule has 0 amide bonds. The molecule has 0 saturated heterocycles. The van der Waals surface area contributed by atoms with E-state index >= 15 is 0 Å². The summed E-state index contributed by atoms with van der Waals surface area (Å²) in [6.07, 6.45) is 3.80. The van der Waals surface area contributed by atoms with E-state index in [0.717, 1.165) is 0 Å². The molecule has 9 rings (SSSR count). The lowest BCUT2D eigenvalue weighted by Gasteiger charge is -2.23. The number of pyridine rings is 1. The van der Waals surface area contributed by atoms with Gasteiger partial charge in [-0.2, -0.15) is 0 Å². The van der Waals surface area contributed by atoms with E-state index in [-0.39, 0.29) is 5.41 Å². The van der Waals surface area contributed by atoms with Gasteiger partial charge in [0.15, 0.2) is 0 Å². The molecule has 0 fully saturated rings. The lowest BCUT2D eigenvalue weighted by Crippen LogP contribution is -2.14. The first-order valence-corrected chi connectivity index (χ1v) is 15.7. The van der Waals surface area contributed by atoms with Crippen LogP contribution < -0.4 is 0 Å². The first-order chi connectivity index (χ1) is 22.1. The molecule has 1 heteroatoms. The zero-order valence-electron chi connectivity index (χ0n) is 25.4. The number of nitrogens with zero attached hydrogens (tertiary/aromatic N) is 1. The van der Waals surface area contributed by atoms with Gasteiger partial charge >= 0.3 is 0 Å². The molecule has 0 aliphatic heterocycles. The summed E-state index contributed by atoms with van der Waals surface area (Å²) in [5, 5.41) is 7.57. The third-order valence-electron chi connectivity index (χ3n) is 9.97. The molecule has 0 saturated carbocycles. The topological polar surface area (TPSA) is 12.9 Å². The highest BCUT2D eigenvalue weighted by molar-refractivity contribution is 6.23. The SMILES string of the molecule is CC1(C)c2ccccc2-c2c(-c3c4ccccc4c(-c4ccncc4)c4ccc(-c5cccc6ccccc56)cc34)cccc21. The van der Waals surface area contributed by atoms with E-state index in [0.29, 0.717) is 0 Å². The van der Waals surface area contributed by atoms with Crippen molar-refractivity contribution in [2.24, 2.45) is 0 Å². The summed E-state index contributed by atoms with van der Waals surface area (Å²) in [5.74, 6) is 0. The normalized spacial score (nSPS) is 13.3. The van der Waals surface area contributed by atoms with E-state index in [9.17, 15) is 0 Å². The van der Waals surface area contributed by atoms with E-state index in [1.54, 1.807) is 0 Å². The molecule has 1 nitrogen and oxygen atoms in total. The van der Waals surface area contributed by atoms with Gasteiger partial charge in [-0.3, -0.25) is 4.98 Å². The number of hydrogen-bond acceptors (Lipinski definition) is 1. The van der Waals surface area contributed by atoms with Crippen LogP contribution in [0.25, 0.3) is 76.8 Å². The standard InChI is InChI=1S/C44H31N/c1-44(2)39-19-8-7-16-36(39)43-37(18-10-20-40(43)44)42-34-15-6-5-14-33(34)41(29-23-25-45-26-24-29)35-22-21-30(27-38(35)42)32-17-9-12-28-11-3-4-13-31(28)32/h3-27H,1-2H3. The van der Waals surface area contributed by atoms with Crippen LogP contribution in [-0.2, 0) is 5.41 Å². The maximum absolute atomic E-state index is 4.35. The lowest BCUT2D eigenvalue weighted by atomic mass is 9.80.